The maximum absolute atomic E-state index is 11.7. The van der Waals surface area contributed by atoms with Crippen molar-refractivity contribution >= 4 is 24.0 Å². The molecule has 4 rings (SSSR count). The summed E-state index contributed by atoms with van der Waals surface area (Å²) in [7, 11) is 1.63. The molecule has 0 saturated carbocycles. The average Bonchev–Trinajstić information content (AvgIpc) is 3.31. The highest BCUT2D eigenvalue weighted by molar-refractivity contribution is 5.91. The largest absolute Gasteiger partial charge is 0.384 e. The molecule has 7 heteroatoms. The molecule has 0 aliphatic carbocycles. The van der Waals surface area contributed by atoms with E-state index < -0.39 is 0 Å². The van der Waals surface area contributed by atoms with Crippen LogP contribution in [-0.4, -0.2) is 47.3 Å². The van der Waals surface area contributed by atoms with Crippen LogP contribution in [0.1, 0.15) is 40.5 Å². The quantitative estimate of drug-likeness (QED) is 0.861. The van der Waals surface area contributed by atoms with Crippen molar-refractivity contribution in [2.24, 2.45) is 0 Å². The lowest BCUT2D eigenvalue weighted by atomic mass is 10.0. The Kier molecular flexibility index (Phi) is 5.84. The predicted octanol–water partition coefficient (Wildman–Crippen LogP) is 2.47. The van der Waals surface area contributed by atoms with Crippen LogP contribution in [0.25, 0.3) is 0 Å². The van der Waals surface area contributed by atoms with E-state index in [1.165, 1.54) is 16.8 Å². The van der Waals surface area contributed by atoms with Crippen molar-refractivity contribution in [3.63, 3.8) is 0 Å². The Balaban J connectivity index is 0.00000196. The van der Waals surface area contributed by atoms with Crippen LogP contribution in [0.4, 0.5) is 5.69 Å². The molecule has 1 saturated heterocycles. The van der Waals surface area contributed by atoms with Gasteiger partial charge in [0.05, 0.1) is 6.04 Å². The minimum Gasteiger partial charge on any atom is -0.384 e. The summed E-state index contributed by atoms with van der Waals surface area (Å²) in [6.07, 6.45) is 5.32. The van der Waals surface area contributed by atoms with Crippen molar-refractivity contribution in [1.82, 2.24) is 20.0 Å². The van der Waals surface area contributed by atoms with Gasteiger partial charge < -0.3 is 10.6 Å². The van der Waals surface area contributed by atoms with Gasteiger partial charge in [-0.25, -0.2) is 0 Å². The van der Waals surface area contributed by atoms with E-state index in [1.807, 2.05) is 10.9 Å². The van der Waals surface area contributed by atoms with Crippen molar-refractivity contribution in [3.05, 3.63) is 47.3 Å². The van der Waals surface area contributed by atoms with Gasteiger partial charge in [-0.3, -0.25) is 14.4 Å². The smallest absolute Gasteiger partial charge is 0.271 e. The van der Waals surface area contributed by atoms with Crippen LogP contribution in [0, 0.1) is 0 Å². The highest BCUT2D eigenvalue weighted by Gasteiger charge is 2.24. The third-order valence-electron chi connectivity index (χ3n) is 5.25. The van der Waals surface area contributed by atoms with E-state index >= 15 is 0 Å². The third-order valence-corrected chi connectivity index (χ3v) is 5.25. The van der Waals surface area contributed by atoms with Gasteiger partial charge in [-0.1, -0.05) is 18.2 Å². The van der Waals surface area contributed by atoms with Crippen molar-refractivity contribution in [3.8, 4) is 0 Å². The summed E-state index contributed by atoms with van der Waals surface area (Å²) >= 11 is 0. The van der Waals surface area contributed by atoms with E-state index in [0.29, 0.717) is 11.7 Å². The Morgan fingerprint density at radius 2 is 2.27 bits per heavy atom. The van der Waals surface area contributed by atoms with Crippen molar-refractivity contribution in [2.45, 2.75) is 31.8 Å². The number of rotatable bonds is 4. The second kappa shape index (κ2) is 8.10. The molecule has 0 radical (unpaired) electrons. The number of piperidine rings is 1. The fourth-order valence-corrected chi connectivity index (χ4v) is 3.96. The molecule has 3 heterocycles. The molecule has 2 N–H and O–H groups in total. The SMILES string of the molecule is CNC(=O)c1ccn(C2CCCN(Cc3cccc4c3NCC4)C2)n1.Cl. The standard InChI is InChI=1S/C19H25N5O.ClH/c1-20-19(25)17-8-11-24(22-17)16-6-3-10-23(13-16)12-15-5-2-4-14-7-9-21-18(14)15;/h2,4-5,8,11,16,21H,3,6-7,9-10,12-13H2,1H3,(H,20,25);1H. The number of hydrogen-bond acceptors (Lipinski definition) is 4. The zero-order chi connectivity index (χ0) is 17.2. The topological polar surface area (TPSA) is 62.2 Å². The zero-order valence-electron chi connectivity index (χ0n) is 15.1. The van der Waals surface area contributed by atoms with Gasteiger partial charge in [-0.15, -0.1) is 12.4 Å². The van der Waals surface area contributed by atoms with Gasteiger partial charge in [0.1, 0.15) is 5.69 Å². The average molecular weight is 376 g/mol. The fourth-order valence-electron chi connectivity index (χ4n) is 3.96. The minimum atomic E-state index is -0.127. The lowest BCUT2D eigenvalue weighted by Gasteiger charge is -2.33. The number of hydrogen-bond donors (Lipinski definition) is 2. The molecule has 26 heavy (non-hydrogen) atoms. The van der Waals surface area contributed by atoms with Gasteiger partial charge >= 0.3 is 0 Å². The molecule has 1 amide bonds. The van der Waals surface area contributed by atoms with Crippen molar-refractivity contribution in [1.29, 1.82) is 0 Å². The summed E-state index contributed by atoms with van der Waals surface area (Å²) in [4.78, 5) is 14.2. The Labute approximate surface area is 160 Å². The number of aromatic nitrogens is 2. The monoisotopic (exact) mass is 375 g/mol. The highest BCUT2D eigenvalue weighted by Crippen LogP contribution is 2.29. The molecular formula is C19H26ClN5O. The number of halogens is 1. The van der Waals surface area contributed by atoms with Crippen LogP contribution in [0.2, 0.25) is 0 Å². The Hall–Kier alpha value is -2.05. The fraction of sp³-hybridized carbons (Fsp3) is 0.474. The first-order valence-electron chi connectivity index (χ1n) is 9.09. The molecule has 0 spiro atoms. The van der Waals surface area contributed by atoms with Gasteiger partial charge in [-0.2, -0.15) is 5.10 Å². The van der Waals surface area contributed by atoms with Crippen LogP contribution in [0.5, 0.6) is 0 Å². The predicted molar refractivity (Wildman–Crippen MR) is 105 cm³/mol. The summed E-state index contributed by atoms with van der Waals surface area (Å²) in [5, 5.41) is 10.6. The summed E-state index contributed by atoms with van der Waals surface area (Å²) in [5.41, 5.74) is 4.66. The van der Waals surface area contributed by atoms with E-state index in [2.05, 4.69) is 38.8 Å². The van der Waals surface area contributed by atoms with Gasteiger partial charge in [0.2, 0.25) is 0 Å². The molecule has 2 aliphatic heterocycles. The van der Waals surface area contributed by atoms with Gasteiger partial charge in [0.25, 0.3) is 5.91 Å². The van der Waals surface area contributed by atoms with E-state index in [1.54, 1.807) is 13.1 Å². The lowest BCUT2D eigenvalue weighted by molar-refractivity contribution is 0.0955. The molecule has 140 valence electrons. The molecule has 0 bridgehead atoms. The van der Waals surface area contributed by atoms with Crippen LogP contribution < -0.4 is 10.6 Å². The van der Waals surface area contributed by atoms with Crippen molar-refractivity contribution < 1.29 is 4.79 Å². The molecule has 1 aromatic carbocycles. The summed E-state index contributed by atoms with van der Waals surface area (Å²) < 4.78 is 1.96. The molecule has 1 atom stereocenters. The molecular weight excluding hydrogens is 350 g/mol. The van der Waals surface area contributed by atoms with E-state index in [0.717, 1.165) is 45.4 Å². The van der Waals surface area contributed by atoms with E-state index in [-0.39, 0.29) is 18.3 Å². The number of carbonyl (C=O) groups excluding carboxylic acids is 1. The molecule has 1 fully saturated rings. The first-order valence-corrected chi connectivity index (χ1v) is 9.09. The Bertz CT molecular complexity index is 775. The van der Waals surface area contributed by atoms with Crippen LogP contribution in [0.3, 0.4) is 0 Å². The number of likely N-dealkylation sites (tertiary alicyclic amines) is 1. The number of para-hydroxylation sites is 1. The van der Waals surface area contributed by atoms with Crippen LogP contribution in [0.15, 0.2) is 30.5 Å². The molecule has 1 aromatic heterocycles. The second-order valence-electron chi connectivity index (χ2n) is 6.92. The first-order chi connectivity index (χ1) is 12.2. The molecule has 2 aliphatic rings. The Morgan fingerprint density at radius 1 is 1.38 bits per heavy atom. The van der Waals surface area contributed by atoms with Crippen LogP contribution >= 0.6 is 12.4 Å². The molecule has 1 unspecified atom stereocenters. The summed E-state index contributed by atoms with van der Waals surface area (Å²) in [5.74, 6) is -0.127. The second-order valence-corrected chi connectivity index (χ2v) is 6.92. The van der Waals surface area contributed by atoms with Gasteiger partial charge in [0.15, 0.2) is 0 Å². The van der Waals surface area contributed by atoms with E-state index in [9.17, 15) is 4.79 Å². The summed E-state index contributed by atoms with van der Waals surface area (Å²) in [6, 6.07) is 8.76. The first kappa shape index (κ1) is 18.7. The zero-order valence-corrected chi connectivity index (χ0v) is 15.9. The third kappa shape index (κ3) is 3.71. The number of benzene rings is 1. The van der Waals surface area contributed by atoms with Crippen molar-refractivity contribution in [2.75, 3.05) is 32.0 Å². The van der Waals surface area contributed by atoms with Crippen LogP contribution in [-0.2, 0) is 13.0 Å². The maximum atomic E-state index is 11.7. The highest BCUT2D eigenvalue weighted by atomic mass is 35.5. The van der Waals surface area contributed by atoms with E-state index in [4.69, 9.17) is 0 Å². The number of amides is 1. The molecule has 2 aromatic rings. The normalized spacial score (nSPS) is 19.3. The Morgan fingerprint density at radius 3 is 3.12 bits per heavy atom. The minimum absolute atomic E-state index is 0. The number of carbonyl (C=O) groups is 1. The number of fused-ring (bicyclic) bond motifs is 1. The summed E-state index contributed by atoms with van der Waals surface area (Å²) in [6.45, 7) is 4.10. The lowest BCUT2D eigenvalue weighted by Crippen LogP contribution is -2.36. The van der Waals surface area contributed by atoms with Gasteiger partial charge in [-0.05, 0) is 43.0 Å². The molecule has 6 nitrogen and oxygen atoms in total. The van der Waals surface area contributed by atoms with Gasteiger partial charge in [0, 0.05) is 38.6 Å². The number of anilines is 1. The number of nitrogens with one attached hydrogen (secondary N) is 2. The number of nitrogens with zero attached hydrogens (tertiary/aromatic N) is 3. The maximum Gasteiger partial charge on any atom is 0.271 e.